The van der Waals surface area contributed by atoms with Gasteiger partial charge in [-0.25, -0.2) is 4.98 Å². The molecule has 5 heteroatoms. The summed E-state index contributed by atoms with van der Waals surface area (Å²) in [6.45, 7) is 2.02. The van der Waals surface area contributed by atoms with Gasteiger partial charge >= 0.3 is 0 Å². The Balaban J connectivity index is 1.67. The number of aromatic nitrogens is 1. The van der Waals surface area contributed by atoms with Crippen molar-refractivity contribution in [3.05, 3.63) is 16.6 Å². The first-order valence-electron chi connectivity index (χ1n) is 5.75. The Morgan fingerprint density at radius 1 is 1.56 bits per heavy atom. The van der Waals surface area contributed by atoms with Gasteiger partial charge in [0.25, 0.3) is 0 Å². The molecule has 1 N–H and O–H groups in total. The molecule has 0 radical (unpaired) electrons. The number of rotatable bonds is 2. The molecule has 2 saturated heterocycles. The molecular formula is C11H15N3OS. The molecule has 3 rings (SSSR count). The summed E-state index contributed by atoms with van der Waals surface area (Å²) >= 11 is 1.71. The van der Waals surface area contributed by atoms with Gasteiger partial charge in [-0.3, -0.25) is 9.69 Å². The number of thiazole rings is 1. The van der Waals surface area contributed by atoms with Crippen LogP contribution in [0.3, 0.4) is 0 Å². The van der Waals surface area contributed by atoms with Crippen LogP contribution in [0.15, 0.2) is 11.6 Å². The maximum atomic E-state index is 11.3. The van der Waals surface area contributed by atoms with Crippen LogP contribution in [0, 0.1) is 0 Å². The zero-order valence-electron chi connectivity index (χ0n) is 9.06. The quantitative estimate of drug-likeness (QED) is 0.834. The highest BCUT2D eigenvalue weighted by Gasteiger charge is 2.38. The summed E-state index contributed by atoms with van der Waals surface area (Å²) in [5, 5.41) is 6.29. The molecule has 1 aromatic heterocycles. The lowest BCUT2D eigenvalue weighted by Crippen LogP contribution is -2.49. The van der Waals surface area contributed by atoms with Gasteiger partial charge in [-0.05, 0) is 12.8 Å². The van der Waals surface area contributed by atoms with Crippen molar-refractivity contribution in [2.24, 2.45) is 0 Å². The second-order valence-electron chi connectivity index (χ2n) is 4.47. The van der Waals surface area contributed by atoms with Crippen molar-refractivity contribution in [2.75, 3.05) is 6.54 Å². The van der Waals surface area contributed by atoms with Gasteiger partial charge in [0.2, 0.25) is 5.91 Å². The molecule has 0 saturated carbocycles. The monoisotopic (exact) mass is 237 g/mol. The number of hydrogen-bond donors (Lipinski definition) is 1. The molecule has 2 aliphatic rings. The minimum atomic E-state index is 0.220. The first-order chi connectivity index (χ1) is 7.83. The lowest BCUT2D eigenvalue weighted by atomic mass is 9.99. The number of carbonyl (C=O) groups excluding carboxylic acids is 1. The Morgan fingerprint density at radius 2 is 2.50 bits per heavy atom. The van der Waals surface area contributed by atoms with Crippen LogP contribution in [0.5, 0.6) is 0 Å². The van der Waals surface area contributed by atoms with E-state index in [1.807, 2.05) is 11.6 Å². The van der Waals surface area contributed by atoms with E-state index in [0.717, 1.165) is 25.9 Å². The lowest BCUT2D eigenvalue weighted by Gasteiger charge is -2.31. The summed E-state index contributed by atoms with van der Waals surface area (Å²) in [6, 6.07) is 0.905. The van der Waals surface area contributed by atoms with E-state index in [1.54, 1.807) is 11.3 Å². The van der Waals surface area contributed by atoms with Gasteiger partial charge in [0, 0.05) is 36.6 Å². The maximum absolute atomic E-state index is 11.3. The predicted molar refractivity (Wildman–Crippen MR) is 62.1 cm³/mol. The molecule has 0 bridgehead atoms. The van der Waals surface area contributed by atoms with E-state index >= 15 is 0 Å². The SMILES string of the molecule is O=C1CC[C@H]2[C@@H](CCN2Cc2nccs2)N1. The summed E-state index contributed by atoms with van der Waals surface area (Å²) in [7, 11) is 0. The highest BCUT2D eigenvalue weighted by atomic mass is 32.1. The second-order valence-corrected chi connectivity index (χ2v) is 5.44. The molecule has 0 spiro atoms. The van der Waals surface area contributed by atoms with Gasteiger partial charge in [-0.15, -0.1) is 11.3 Å². The molecule has 3 heterocycles. The van der Waals surface area contributed by atoms with Crippen molar-refractivity contribution >= 4 is 17.2 Å². The Labute approximate surface area is 98.7 Å². The average molecular weight is 237 g/mol. The number of nitrogens with zero attached hydrogens (tertiary/aromatic N) is 2. The minimum absolute atomic E-state index is 0.220. The number of likely N-dealkylation sites (tertiary alicyclic amines) is 1. The van der Waals surface area contributed by atoms with Crippen LogP contribution in [0.4, 0.5) is 0 Å². The van der Waals surface area contributed by atoms with Crippen molar-refractivity contribution in [1.29, 1.82) is 0 Å². The highest BCUT2D eigenvalue weighted by molar-refractivity contribution is 7.09. The highest BCUT2D eigenvalue weighted by Crippen LogP contribution is 2.27. The fourth-order valence-electron chi connectivity index (χ4n) is 2.73. The molecule has 1 aromatic rings. The van der Waals surface area contributed by atoms with Gasteiger partial charge in [0.15, 0.2) is 0 Å². The summed E-state index contributed by atoms with van der Waals surface area (Å²) in [4.78, 5) is 18.1. The molecule has 4 nitrogen and oxygen atoms in total. The third-order valence-electron chi connectivity index (χ3n) is 3.50. The predicted octanol–water partition coefficient (Wildman–Crippen LogP) is 0.996. The van der Waals surface area contributed by atoms with Crippen molar-refractivity contribution < 1.29 is 4.79 Å². The summed E-state index contributed by atoms with van der Waals surface area (Å²) in [5.41, 5.74) is 0. The van der Waals surface area contributed by atoms with E-state index in [4.69, 9.17) is 0 Å². The van der Waals surface area contributed by atoms with Crippen LogP contribution in [0.25, 0.3) is 0 Å². The Morgan fingerprint density at radius 3 is 3.31 bits per heavy atom. The third kappa shape index (κ3) is 1.85. The lowest BCUT2D eigenvalue weighted by molar-refractivity contribution is -0.124. The second kappa shape index (κ2) is 4.14. The first-order valence-corrected chi connectivity index (χ1v) is 6.63. The van der Waals surface area contributed by atoms with Gasteiger partial charge in [0.05, 0.1) is 6.54 Å². The smallest absolute Gasteiger partial charge is 0.220 e. The largest absolute Gasteiger partial charge is 0.352 e. The van der Waals surface area contributed by atoms with Crippen LogP contribution >= 0.6 is 11.3 Å². The van der Waals surface area contributed by atoms with Crippen LogP contribution in [0.2, 0.25) is 0 Å². The molecule has 0 aliphatic carbocycles. The molecular weight excluding hydrogens is 222 g/mol. The van der Waals surface area contributed by atoms with E-state index in [2.05, 4.69) is 15.2 Å². The minimum Gasteiger partial charge on any atom is -0.352 e. The molecule has 2 atom stereocenters. The van der Waals surface area contributed by atoms with Gasteiger partial charge in [-0.2, -0.15) is 0 Å². The molecule has 16 heavy (non-hydrogen) atoms. The van der Waals surface area contributed by atoms with Crippen molar-refractivity contribution in [3.63, 3.8) is 0 Å². The van der Waals surface area contributed by atoms with Gasteiger partial charge < -0.3 is 5.32 Å². The summed E-state index contributed by atoms with van der Waals surface area (Å²) < 4.78 is 0. The first kappa shape index (κ1) is 10.2. The van der Waals surface area contributed by atoms with E-state index in [1.165, 1.54) is 5.01 Å². The number of amides is 1. The summed E-state index contributed by atoms with van der Waals surface area (Å²) in [6.07, 6.45) is 4.62. The zero-order valence-corrected chi connectivity index (χ0v) is 9.87. The molecule has 0 aromatic carbocycles. The zero-order chi connectivity index (χ0) is 11.0. The summed E-state index contributed by atoms with van der Waals surface area (Å²) in [5.74, 6) is 0.220. The van der Waals surface area contributed by atoms with Crippen molar-refractivity contribution in [2.45, 2.75) is 37.9 Å². The average Bonchev–Trinajstić information content (AvgIpc) is 2.89. The Kier molecular flexibility index (Phi) is 2.65. The maximum Gasteiger partial charge on any atom is 0.220 e. The number of carbonyl (C=O) groups is 1. The standard InChI is InChI=1S/C11H15N3OS/c15-10-2-1-9-8(13-10)3-5-14(9)7-11-12-4-6-16-11/h4,6,8-9H,1-3,5,7H2,(H,13,15)/t8-,9+/m1/s1. The van der Waals surface area contributed by atoms with Gasteiger partial charge in [-0.1, -0.05) is 0 Å². The molecule has 2 aliphatic heterocycles. The fourth-order valence-corrected chi connectivity index (χ4v) is 3.37. The number of fused-ring (bicyclic) bond motifs is 1. The number of nitrogens with one attached hydrogen (secondary N) is 1. The molecule has 0 unspecified atom stereocenters. The Hall–Kier alpha value is -0.940. The fraction of sp³-hybridized carbons (Fsp3) is 0.636. The van der Waals surface area contributed by atoms with Crippen LogP contribution < -0.4 is 5.32 Å². The third-order valence-corrected chi connectivity index (χ3v) is 4.26. The van der Waals surface area contributed by atoms with E-state index < -0.39 is 0 Å². The van der Waals surface area contributed by atoms with Gasteiger partial charge in [0.1, 0.15) is 5.01 Å². The number of piperidine rings is 1. The Bertz CT molecular complexity index is 379. The van der Waals surface area contributed by atoms with Crippen LogP contribution in [0.1, 0.15) is 24.3 Å². The van der Waals surface area contributed by atoms with E-state index in [0.29, 0.717) is 18.5 Å². The topological polar surface area (TPSA) is 45.2 Å². The van der Waals surface area contributed by atoms with E-state index in [-0.39, 0.29) is 5.91 Å². The molecule has 1 amide bonds. The van der Waals surface area contributed by atoms with Crippen molar-refractivity contribution in [3.8, 4) is 0 Å². The normalized spacial score (nSPS) is 30.1. The van der Waals surface area contributed by atoms with Crippen molar-refractivity contribution in [1.82, 2.24) is 15.2 Å². The number of hydrogen-bond acceptors (Lipinski definition) is 4. The molecule has 2 fully saturated rings. The van der Waals surface area contributed by atoms with Crippen LogP contribution in [-0.2, 0) is 11.3 Å². The van der Waals surface area contributed by atoms with E-state index in [9.17, 15) is 4.79 Å². The molecule has 86 valence electrons. The van der Waals surface area contributed by atoms with Crippen LogP contribution in [-0.4, -0.2) is 34.4 Å².